The van der Waals surface area contributed by atoms with E-state index in [4.69, 9.17) is 9.15 Å². The summed E-state index contributed by atoms with van der Waals surface area (Å²) in [6.45, 7) is 3.84. The highest BCUT2D eigenvalue weighted by atomic mass is 16.5. The predicted molar refractivity (Wildman–Crippen MR) is 109 cm³/mol. The van der Waals surface area contributed by atoms with Gasteiger partial charge >= 0.3 is 0 Å². The van der Waals surface area contributed by atoms with Gasteiger partial charge in [-0.15, -0.1) is 0 Å². The number of fused-ring (bicyclic) bond motifs is 1. The molecule has 4 aromatic rings. The number of ether oxygens (including phenoxy) is 1. The Morgan fingerprint density at radius 1 is 1.17 bits per heavy atom. The van der Waals surface area contributed by atoms with Crippen molar-refractivity contribution in [1.29, 1.82) is 0 Å². The quantitative estimate of drug-likeness (QED) is 0.516. The number of pyridine rings is 1. The number of nitrogens with one attached hydrogen (secondary N) is 1. The molecule has 0 fully saturated rings. The number of oxazole rings is 1. The molecule has 146 valence electrons. The zero-order chi connectivity index (χ0) is 20.4. The second-order valence-corrected chi connectivity index (χ2v) is 6.74. The third kappa shape index (κ3) is 4.03. The van der Waals surface area contributed by atoms with E-state index in [9.17, 15) is 9.90 Å². The lowest BCUT2D eigenvalue weighted by atomic mass is 10.1. The number of phenols is 1. The Labute approximate surface area is 167 Å². The van der Waals surface area contributed by atoms with E-state index in [2.05, 4.69) is 15.3 Å². The van der Waals surface area contributed by atoms with Gasteiger partial charge in [-0.05, 0) is 44.2 Å². The van der Waals surface area contributed by atoms with E-state index in [0.717, 1.165) is 0 Å². The summed E-state index contributed by atoms with van der Waals surface area (Å²) in [5, 5.41) is 13.2. The average Bonchev–Trinajstić information content (AvgIpc) is 3.11. The van der Waals surface area contributed by atoms with Crippen molar-refractivity contribution in [3.05, 3.63) is 66.5 Å². The third-order valence-corrected chi connectivity index (χ3v) is 4.14. The van der Waals surface area contributed by atoms with Gasteiger partial charge in [0.25, 0.3) is 5.91 Å². The highest BCUT2D eigenvalue weighted by Gasteiger charge is 2.14. The van der Waals surface area contributed by atoms with Crippen LogP contribution in [-0.2, 0) is 0 Å². The Hall–Kier alpha value is -3.87. The molecule has 0 saturated carbocycles. The number of phenolic OH excluding ortho intramolecular Hbond substituents is 1. The van der Waals surface area contributed by atoms with E-state index in [1.807, 2.05) is 13.8 Å². The Morgan fingerprint density at radius 2 is 2.03 bits per heavy atom. The monoisotopic (exact) mass is 389 g/mol. The molecule has 0 atom stereocenters. The zero-order valence-corrected chi connectivity index (χ0v) is 15.9. The van der Waals surface area contributed by atoms with Gasteiger partial charge in [0.05, 0.1) is 17.9 Å². The smallest absolute Gasteiger partial charge is 0.255 e. The Kier molecular flexibility index (Phi) is 4.87. The summed E-state index contributed by atoms with van der Waals surface area (Å²) in [6.07, 6.45) is 3.21. The van der Waals surface area contributed by atoms with Crippen molar-refractivity contribution in [1.82, 2.24) is 9.97 Å². The van der Waals surface area contributed by atoms with E-state index in [0.29, 0.717) is 33.7 Å². The molecule has 0 spiro atoms. The SMILES string of the molecule is CC(C)Oc1cccc(C(=O)Nc2ccc(-c3nc4cnccc4o3)c(O)c2)c1. The topological polar surface area (TPSA) is 97.5 Å². The van der Waals surface area contributed by atoms with Gasteiger partial charge < -0.3 is 19.6 Å². The van der Waals surface area contributed by atoms with Gasteiger partial charge in [-0.25, -0.2) is 4.98 Å². The van der Waals surface area contributed by atoms with Gasteiger partial charge in [0.15, 0.2) is 5.58 Å². The maximum Gasteiger partial charge on any atom is 0.255 e. The first-order valence-electron chi connectivity index (χ1n) is 9.11. The van der Waals surface area contributed by atoms with Crippen molar-refractivity contribution in [2.24, 2.45) is 0 Å². The number of aromatic nitrogens is 2. The van der Waals surface area contributed by atoms with Crippen molar-refractivity contribution in [3.8, 4) is 23.0 Å². The van der Waals surface area contributed by atoms with Crippen molar-refractivity contribution < 1.29 is 19.1 Å². The molecule has 0 aliphatic heterocycles. The van der Waals surface area contributed by atoms with Gasteiger partial charge in [0, 0.05) is 29.6 Å². The molecule has 4 rings (SSSR count). The first-order valence-corrected chi connectivity index (χ1v) is 9.11. The summed E-state index contributed by atoms with van der Waals surface area (Å²) in [4.78, 5) is 20.9. The molecule has 2 heterocycles. The third-order valence-electron chi connectivity index (χ3n) is 4.14. The Bertz CT molecular complexity index is 1150. The summed E-state index contributed by atoms with van der Waals surface area (Å²) < 4.78 is 11.3. The van der Waals surface area contributed by atoms with Crippen molar-refractivity contribution in [2.75, 3.05) is 5.32 Å². The highest BCUT2D eigenvalue weighted by molar-refractivity contribution is 6.04. The number of benzene rings is 2. The van der Waals surface area contributed by atoms with Gasteiger partial charge in [-0.3, -0.25) is 9.78 Å². The van der Waals surface area contributed by atoms with E-state index in [1.165, 1.54) is 6.07 Å². The number of aromatic hydroxyl groups is 1. The second-order valence-electron chi connectivity index (χ2n) is 6.74. The number of anilines is 1. The highest BCUT2D eigenvalue weighted by Crippen LogP contribution is 2.33. The largest absolute Gasteiger partial charge is 0.507 e. The van der Waals surface area contributed by atoms with Gasteiger partial charge in [0.1, 0.15) is 17.0 Å². The molecule has 0 unspecified atom stereocenters. The van der Waals surface area contributed by atoms with Crippen molar-refractivity contribution in [2.45, 2.75) is 20.0 Å². The molecule has 2 aromatic heterocycles. The number of hydrogen-bond donors (Lipinski definition) is 2. The summed E-state index contributed by atoms with van der Waals surface area (Å²) in [7, 11) is 0. The minimum Gasteiger partial charge on any atom is -0.507 e. The Morgan fingerprint density at radius 3 is 2.79 bits per heavy atom. The molecule has 7 heteroatoms. The summed E-state index contributed by atoms with van der Waals surface area (Å²) in [5.74, 6) is 0.539. The van der Waals surface area contributed by atoms with Crippen LogP contribution in [0.5, 0.6) is 11.5 Å². The van der Waals surface area contributed by atoms with E-state index >= 15 is 0 Å². The molecule has 7 nitrogen and oxygen atoms in total. The zero-order valence-electron chi connectivity index (χ0n) is 15.9. The van der Waals surface area contributed by atoms with Crippen LogP contribution in [0.15, 0.2) is 65.3 Å². The fourth-order valence-corrected chi connectivity index (χ4v) is 2.87. The number of nitrogens with zero attached hydrogens (tertiary/aromatic N) is 2. The molecule has 0 saturated heterocycles. The average molecular weight is 389 g/mol. The van der Waals surface area contributed by atoms with E-state index < -0.39 is 0 Å². The normalized spacial score (nSPS) is 11.0. The maximum absolute atomic E-state index is 12.5. The van der Waals surface area contributed by atoms with Crippen LogP contribution in [0.25, 0.3) is 22.6 Å². The van der Waals surface area contributed by atoms with E-state index in [1.54, 1.807) is 54.9 Å². The maximum atomic E-state index is 12.5. The lowest BCUT2D eigenvalue weighted by molar-refractivity contribution is 0.102. The first-order chi connectivity index (χ1) is 14.0. The number of hydrogen-bond acceptors (Lipinski definition) is 6. The molecule has 2 aromatic carbocycles. The standard InChI is InChI=1S/C22H19N3O4/c1-13(2)28-16-5-3-4-14(10-16)21(27)24-15-6-7-17(19(26)11-15)22-25-18-12-23-9-8-20(18)29-22/h3-13,26H,1-2H3,(H,24,27). The van der Waals surface area contributed by atoms with E-state index in [-0.39, 0.29) is 23.7 Å². The van der Waals surface area contributed by atoms with Gasteiger partial charge in [0.2, 0.25) is 5.89 Å². The van der Waals surface area contributed by atoms with Crippen LogP contribution in [0.1, 0.15) is 24.2 Å². The van der Waals surface area contributed by atoms with Crippen LogP contribution in [0, 0.1) is 0 Å². The van der Waals surface area contributed by atoms with Crippen molar-refractivity contribution in [3.63, 3.8) is 0 Å². The number of amides is 1. The fraction of sp³-hybridized carbons (Fsp3) is 0.136. The molecule has 0 bridgehead atoms. The lowest BCUT2D eigenvalue weighted by Gasteiger charge is -2.11. The molecule has 1 amide bonds. The minimum atomic E-state index is -0.306. The summed E-state index contributed by atoms with van der Waals surface area (Å²) in [6, 6.07) is 13.4. The van der Waals surface area contributed by atoms with Crippen molar-refractivity contribution >= 4 is 22.7 Å². The predicted octanol–water partition coefficient (Wildman–Crippen LogP) is 4.63. The second kappa shape index (κ2) is 7.63. The van der Waals surface area contributed by atoms with Gasteiger partial charge in [-0.1, -0.05) is 6.07 Å². The molecular weight excluding hydrogens is 370 g/mol. The molecular formula is C22H19N3O4. The van der Waals surface area contributed by atoms with Gasteiger partial charge in [-0.2, -0.15) is 0 Å². The van der Waals surface area contributed by atoms with Crippen LogP contribution in [0.4, 0.5) is 5.69 Å². The van der Waals surface area contributed by atoms with Crippen LogP contribution in [-0.4, -0.2) is 27.1 Å². The lowest BCUT2D eigenvalue weighted by Crippen LogP contribution is -2.12. The number of carbonyl (C=O) groups excluding carboxylic acids is 1. The summed E-state index contributed by atoms with van der Waals surface area (Å²) >= 11 is 0. The molecule has 0 radical (unpaired) electrons. The van der Waals surface area contributed by atoms with Crippen LogP contribution in [0.3, 0.4) is 0 Å². The Balaban J connectivity index is 1.54. The van der Waals surface area contributed by atoms with Crippen LogP contribution < -0.4 is 10.1 Å². The summed E-state index contributed by atoms with van der Waals surface area (Å²) in [5.41, 5.74) is 2.51. The minimum absolute atomic E-state index is 0.0143. The van der Waals surface area contributed by atoms with Crippen LogP contribution in [0.2, 0.25) is 0 Å². The molecule has 29 heavy (non-hydrogen) atoms. The fourth-order valence-electron chi connectivity index (χ4n) is 2.87. The first kappa shape index (κ1) is 18.5. The number of carbonyl (C=O) groups is 1. The molecule has 2 N–H and O–H groups in total. The molecule has 0 aliphatic rings. The molecule has 0 aliphatic carbocycles. The van der Waals surface area contributed by atoms with Crippen LogP contribution >= 0.6 is 0 Å². The number of rotatable bonds is 5.